The maximum absolute atomic E-state index is 11.7. The van der Waals surface area contributed by atoms with Gasteiger partial charge in [-0.3, -0.25) is 4.79 Å². The number of rotatable bonds is 6. The highest BCUT2D eigenvalue weighted by molar-refractivity contribution is 7.99. The molecule has 114 valence electrons. The molecule has 0 spiro atoms. The Morgan fingerprint density at radius 3 is 2.50 bits per heavy atom. The first-order valence-electron chi connectivity index (χ1n) is 7.57. The fourth-order valence-corrected chi connectivity index (χ4v) is 3.40. The molecule has 0 aromatic heterocycles. The largest absolute Gasteiger partial charge is 0.462 e. The van der Waals surface area contributed by atoms with Crippen LogP contribution in [0, 0.1) is 22.7 Å². The maximum Gasteiger partial charge on any atom is 0.316 e. The number of esters is 1. The topological polar surface area (TPSA) is 50.1 Å². The second-order valence-electron chi connectivity index (χ2n) is 6.64. The number of carbonyl (C=O) groups excluding carboxylic acids is 1. The van der Waals surface area contributed by atoms with E-state index in [1.165, 1.54) is 0 Å². The third kappa shape index (κ3) is 6.65. The summed E-state index contributed by atoms with van der Waals surface area (Å²) in [5.41, 5.74) is 0.367. The zero-order chi connectivity index (χ0) is 15.0. The van der Waals surface area contributed by atoms with Crippen LogP contribution in [-0.4, -0.2) is 23.6 Å². The number of hydrogen-bond donors (Lipinski definition) is 0. The molecule has 0 aliphatic heterocycles. The molecule has 0 radical (unpaired) electrons. The third-order valence-electron chi connectivity index (χ3n) is 3.99. The Hall–Kier alpha value is -0.690. The van der Waals surface area contributed by atoms with Gasteiger partial charge in [-0.2, -0.15) is 17.0 Å². The van der Waals surface area contributed by atoms with Gasteiger partial charge in [-0.1, -0.05) is 20.8 Å². The van der Waals surface area contributed by atoms with Crippen molar-refractivity contribution in [2.45, 2.75) is 65.4 Å². The van der Waals surface area contributed by atoms with Crippen LogP contribution in [0.3, 0.4) is 0 Å². The Labute approximate surface area is 127 Å². The average Bonchev–Trinajstić information content (AvgIpc) is 2.38. The van der Waals surface area contributed by atoms with E-state index < -0.39 is 0 Å². The van der Waals surface area contributed by atoms with Crippen molar-refractivity contribution in [3.8, 4) is 6.07 Å². The van der Waals surface area contributed by atoms with Gasteiger partial charge in [0.1, 0.15) is 6.10 Å². The molecule has 1 aliphatic carbocycles. The van der Waals surface area contributed by atoms with Crippen molar-refractivity contribution in [3.63, 3.8) is 0 Å². The summed E-state index contributed by atoms with van der Waals surface area (Å²) in [5.74, 6) is 1.94. The molecule has 0 N–H and O–H groups in total. The Morgan fingerprint density at radius 2 is 1.95 bits per heavy atom. The van der Waals surface area contributed by atoms with Gasteiger partial charge in [-0.25, -0.2) is 0 Å². The number of nitrogens with zero attached hydrogens (tertiary/aromatic N) is 1. The van der Waals surface area contributed by atoms with Gasteiger partial charge in [0.2, 0.25) is 0 Å². The molecule has 1 fully saturated rings. The van der Waals surface area contributed by atoms with E-state index in [0.29, 0.717) is 17.6 Å². The van der Waals surface area contributed by atoms with E-state index in [0.717, 1.165) is 43.8 Å². The lowest BCUT2D eigenvalue weighted by Gasteiger charge is -2.36. The Bertz CT molecular complexity index is 335. The predicted octanol–water partition coefficient (Wildman–Crippen LogP) is 4.17. The number of ether oxygens (including phenoxy) is 1. The second-order valence-corrected chi connectivity index (χ2v) is 7.75. The summed E-state index contributed by atoms with van der Waals surface area (Å²) in [6, 6.07) is 2.11. The summed E-state index contributed by atoms with van der Waals surface area (Å²) in [4.78, 5) is 11.7. The van der Waals surface area contributed by atoms with Crippen LogP contribution in [-0.2, 0) is 9.53 Å². The molecule has 4 heteroatoms. The predicted molar refractivity (Wildman–Crippen MR) is 83.5 cm³/mol. The third-order valence-corrected chi connectivity index (χ3v) is 5.01. The molecule has 3 nitrogen and oxygen atoms in total. The van der Waals surface area contributed by atoms with Crippen LogP contribution in [0.2, 0.25) is 0 Å². The quantitative estimate of drug-likeness (QED) is 0.545. The smallest absolute Gasteiger partial charge is 0.316 e. The number of hydrogen-bond acceptors (Lipinski definition) is 4. The fourth-order valence-electron chi connectivity index (χ4n) is 2.68. The van der Waals surface area contributed by atoms with Gasteiger partial charge in [0.15, 0.2) is 0 Å². The molecule has 1 saturated carbocycles. The van der Waals surface area contributed by atoms with E-state index in [2.05, 4.69) is 26.8 Å². The summed E-state index contributed by atoms with van der Waals surface area (Å²) < 4.78 is 5.53. The monoisotopic (exact) mass is 297 g/mol. The van der Waals surface area contributed by atoms with Gasteiger partial charge in [-0.15, -0.1) is 0 Å². The van der Waals surface area contributed by atoms with Crippen LogP contribution in [0.25, 0.3) is 0 Å². The van der Waals surface area contributed by atoms with Crippen molar-refractivity contribution in [1.82, 2.24) is 0 Å². The van der Waals surface area contributed by atoms with E-state index in [1.807, 2.05) is 0 Å². The second kappa shape index (κ2) is 8.56. The van der Waals surface area contributed by atoms with Crippen LogP contribution in [0.4, 0.5) is 0 Å². The molecule has 0 heterocycles. The van der Waals surface area contributed by atoms with Crippen LogP contribution in [0.5, 0.6) is 0 Å². The highest BCUT2D eigenvalue weighted by Crippen LogP contribution is 2.38. The van der Waals surface area contributed by atoms with Crippen LogP contribution >= 0.6 is 11.8 Å². The highest BCUT2D eigenvalue weighted by Gasteiger charge is 2.30. The molecule has 1 rings (SSSR count). The van der Waals surface area contributed by atoms with Gasteiger partial charge in [0.25, 0.3) is 0 Å². The van der Waals surface area contributed by atoms with Crippen LogP contribution < -0.4 is 0 Å². The van der Waals surface area contributed by atoms with Crippen molar-refractivity contribution in [1.29, 1.82) is 5.26 Å². The molecule has 0 aromatic rings. The average molecular weight is 297 g/mol. The van der Waals surface area contributed by atoms with Crippen molar-refractivity contribution >= 4 is 17.7 Å². The molecular weight excluding hydrogens is 270 g/mol. The molecular formula is C16H27NO2S. The van der Waals surface area contributed by atoms with Crippen molar-refractivity contribution in [2.24, 2.45) is 11.3 Å². The van der Waals surface area contributed by atoms with Crippen molar-refractivity contribution < 1.29 is 9.53 Å². The number of unbranched alkanes of at least 4 members (excludes halogenated alkanes) is 1. The minimum Gasteiger partial charge on any atom is -0.462 e. The molecule has 0 unspecified atom stereocenters. The molecule has 0 amide bonds. The molecule has 20 heavy (non-hydrogen) atoms. The minimum atomic E-state index is -0.0915. The fraction of sp³-hybridized carbons (Fsp3) is 0.875. The zero-order valence-electron chi connectivity index (χ0n) is 13.0. The highest BCUT2D eigenvalue weighted by atomic mass is 32.2. The zero-order valence-corrected chi connectivity index (χ0v) is 13.8. The lowest BCUT2D eigenvalue weighted by atomic mass is 9.72. The van der Waals surface area contributed by atoms with Crippen molar-refractivity contribution in [3.05, 3.63) is 0 Å². The normalized spacial score (nSPS) is 23.1. The van der Waals surface area contributed by atoms with Crippen molar-refractivity contribution in [2.75, 3.05) is 11.5 Å². The number of nitriles is 1. The van der Waals surface area contributed by atoms with E-state index in [-0.39, 0.29) is 12.1 Å². The van der Waals surface area contributed by atoms with Gasteiger partial charge in [0.05, 0.1) is 11.8 Å². The summed E-state index contributed by atoms with van der Waals surface area (Å²) in [6.07, 6.45) is 5.89. The van der Waals surface area contributed by atoms with E-state index in [9.17, 15) is 4.79 Å². The maximum atomic E-state index is 11.7. The molecule has 0 bridgehead atoms. The van der Waals surface area contributed by atoms with Gasteiger partial charge in [-0.05, 0) is 49.2 Å². The molecule has 0 aromatic carbocycles. The minimum absolute atomic E-state index is 0.0915. The van der Waals surface area contributed by atoms with Gasteiger partial charge >= 0.3 is 5.97 Å². The summed E-state index contributed by atoms with van der Waals surface area (Å²) in [6.45, 7) is 6.88. The first-order valence-corrected chi connectivity index (χ1v) is 8.73. The molecule has 0 atom stereocenters. The number of thioether (sulfide) groups is 1. The van der Waals surface area contributed by atoms with E-state index in [1.54, 1.807) is 11.8 Å². The van der Waals surface area contributed by atoms with Gasteiger partial charge < -0.3 is 4.74 Å². The SMILES string of the molecule is CC(C)(C)C1CCC(OC(=O)CSCCCC#N)CC1. The summed E-state index contributed by atoms with van der Waals surface area (Å²) >= 11 is 1.57. The summed E-state index contributed by atoms with van der Waals surface area (Å²) in [5, 5.41) is 8.42. The Morgan fingerprint density at radius 1 is 1.30 bits per heavy atom. The lowest BCUT2D eigenvalue weighted by molar-refractivity contribution is -0.148. The molecule has 1 aliphatic rings. The first kappa shape index (κ1) is 17.4. The van der Waals surface area contributed by atoms with Crippen LogP contribution in [0.15, 0.2) is 0 Å². The lowest BCUT2D eigenvalue weighted by Crippen LogP contribution is -2.30. The van der Waals surface area contributed by atoms with E-state index >= 15 is 0 Å². The summed E-state index contributed by atoms with van der Waals surface area (Å²) in [7, 11) is 0. The van der Waals surface area contributed by atoms with Crippen LogP contribution in [0.1, 0.15) is 59.3 Å². The van der Waals surface area contributed by atoms with Gasteiger partial charge in [0, 0.05) is 6.42 Å². The van der Waals surface area contributed by atoms with E-state index in [4.69, 9.17) is 10.00 Å². The molecule has 0 saturated heterocycles. The Kier molecular flexibility index (Phi) is 7.43. The standard InChI is InChI=1S/C16H27NO2S/c1-16(2,3)13-6-8-14(9-7-13)19-15(18)12-20-11-5-4-10-17/h13-14H,4-9,11-12H2,1-3H3. The Balaban J connectivity index is 2.14. The first-order chi connectivity index (χ1) is 9.43. The number of carbonyl (C=O) groups is 1.